The molecule has 1 atom stereocenters. The van der Waals surface area contributed by atoms with Crippen LogP contribution in [0.15, 0.2) is 97.1 Å². The van der Waals surface area contributed by atoms with Crippen LogP contribution in [0.3, 0.4) is 0 Å². The first-order valence-electron chi connectivity index (χ1n) is 7.65. The molecular weight excluding hydrogens is 299 g/mol. The lowest BCUT2D eigenvalue weighted by Gasteiger charge is -2.22. The van der Waals surface area contributed by atoms with Gasteiger partial charge in [0.15, 0.2) is 0 Å². The Morgan fingerprint density at radius 2 is 1.09 bits per heavy atom. The van der Waals surface area contributed by atoms with E-state index in [2.05, 4.69) is 24.3 Å². The molecular formula is C21H19OP. The Kier molecular flexibility index (Phi) is 5.37. The molecule has 1 N–H and O–H groups in total. The summed E-state index contributed by atoms with van der Waals surface area (Å²) in [4.78, 5) is 0. The van der Waals surface area contributed by atoms with Crippen LogP contribution in [-0.2, 0) is 0 Å². The Morgan fingerprint density at radius 3 is 1.57 bits per heavy atom. The maximum absolute atomic E-state index is 10.8. The van der Waals surface area contributed by atoms with E-state index in [1.165, 1.54) is 10.6 Å². The molecule has 0 amide bonds. The van der Waals surface area contributed by atoms with Gasteiger partial charge in [0, 0.05) is 0 Å². The molecule has 0 saturated heterocycles. The van der Waals surface area contributed by atoms with Crippen LogP contribution in [0.4, 0.5) is 0 Å². The van der Waals surface area contributed by atoms with Crippen LogP contribution in [0.25, 0.3) is 6.08 Å². The van der Waals surface area contributed by atoms with Gasteiger partial charge in [-0.3, -0.25) is 0 Å². The van der Waals surface area contributed by atoms with Crippen LogP contribution in [0, 0.1) is 0 Å². The van der Waals surface area contributed by atoms with E-state index in [1.807, 2.05) is 78.9 Å². The lowest BCUT2D eigenvalue weighted by atomic mass is 10.2. The highest BCUT2D eigenvalue weighted by Crippen LogP contribution is 2.38. The van der Waals surface area contributed by atoms with E-state index in [9.17, 15) is 5.11 Å². The zero-order valence-corrected chi connectivity index (χ0v) is 13.7. The summed E-state index contributed by atoms with van der Waals surface area (Å²) in [6, 6.07) is 30.6. The van der Waals surface area contributed by atoms with Crippen LogP contribution in [0.5, 0.6) is 0 Å². The van der Waals surface area contributed by atoms with Crippen molar-refractivity contribution >= 4 is 24.6 Å². The number of hydrogen-bond acceptors (Lipinski definition) is 1. The van der Waals surface area contributed by atoms with E-state index in [4.69, 9.17) is 0 Å². The minimum atomic E-state index is -0.840. The molecule has 3 rings (SSSR count). The third kappa shape index (κ3) is 4.16. The monoisotopic (exact) mass is 318 g/mol. The molecule has 0 aliphatic heterocycles. The largest absolute Gasteiger partial charge is 0.384 e. The molecule has 1 unspecified atom stereocenters. The van der Waals surface area contributed by atoms with Crippen molar-refractivity contribution in [2.24, 2.45) is 0 Å². The number of aliphatic hydroxyl groups is 1. The number of rotatable bonds is 5. The second kappa shape index (κ2) is 7.87. The predicted octanol–water partition coefficient (Wildman–Crippen LogP) is 4.15. The van der Waals surface area contributed by atoms with Crippen molar-refractivity contribution in [3.8, 4) is 0 Å². The maximum Gasteiger partial charge on any atom is 0.0996 e. The Morgan fingerprint density at radius 1 is 0.652 bits per heavy atom. The second-order valence-electron chi connectivity index (χ2n) is 5.22. The molecule has 0 bridgehead atoms. The summed E-state index contributed by atoms with van der Waals surface area (Å²) in [5.74, 6) is -0.519. The van der Waals surface area contributed by atoms with Crippen LogP contribution in [0.2, 0.25) is 0 Å². The van der Waals surface area contributed by atoms with Gasteiger partial charge in [0.05, 0.1) is 5.85 Å². The average Bonchev–Trinajstić information content (AvgIpc) is 2.63. The highest BCUT2D eigenvalue weighted by molar-refractivity contribution is 7.73. The summed E-state index contributed by atoms with van der Waals surface area (Å²) in [6.07, 6.45) is 3.90. The average molecular weight is 318 g/mol. The fourth-order valence-electron chi connectivity index (χ4n) is 2.48. The van der Waals surface area contributed by atoms with E-state index in [0.29, 0.717) is 0 Å². The van der Waals surface area contributed by atoms with Crippen molar-refractivity contribution in [3.63, 3.8) is 0 Å². The van der Waals surface area contributed by atoms with Gasteiger partial charge in [-0.15, -0.1) is 0 Å². The Labute approximate surface area is 138 Å². The Hall–Kier alpha value is -2.21. The van der Waals surface area contributed by atoms with Crippen molar-refractivity contribution < 1.29 is 5.11 Å². The van der Waals surface area contributed by atoms with E-state index >= 15 is 0 Å². The first-order chi connectivity index (χ1) is 11.3. The van der Waals surface area contributed by atoms with Crippen molar-refractivity contribution in [2.75, 3.05) is 0 Å². The third-order valence-corrected chi connectivity index (χ3v) is 6.00. The van der Waals surface area contributed by atoms with Gasteiger partial charge in [0.1, 0.15) is 0 Å². The summed E-state index contributed by atoms with van der Waals surface area (Å²) < 4.78 is 0. The van der Waals surface area contributed by atoms with Crippen molar-refractivity contribution in [1.82, 2.24) is 0 Å². The molecule has 114 valence electrons. The standard InChI is InChI=1S/C21H19OP/c22-21(17-16-18-10-4-1-5-11-18)23(19-12-6-2-7-13-19)20-14-8-3-9-15-20/h1-17,21-22H/b17-16+. The molecule has 2 heteroatoms. The molecule has 0 fully saturated rings. The lowest BCUT2D eigenvalue weighted by Crippen LogP contribution is -2.19. The van der Waals surface area contributed by atoms with Gasteiger partial charge in [-0.2, -0.15) is 0 Å². The predicted molar refractivity (Wildman–Crippen MR) is 101 cm³/mol. The molecule has 0 spiro atoms. The van der Waals surface area contributed by atoms with Crippen molar-refractivity contribution in [1.29, 1.82) is 0 Å². The maximum atomic E-state index is 10.8. The number of benzene rings is 3. The van der Waals surface area contributed by atoms with E-state index in [0.717, 1.165) is 5.56 Å². The number of aliphatic hydroxyl groups excluding tert-OH is 1. The van der Waals surface area contributed by atoms with E-state index in [1.54, 1.807) is 0 Å². The normalized spacial score (nSPS) is 12.6. The molecule has 0 aromatic heterocycles. The van der Waals surface area contributed by atoms with Gasteiger partial charge in [0.2, 0.25) is 0 Å². The fraction of sp³-hybridized carbons (Fsp3) is 0.0476. The summed E-state index contributed by atoms with van der Waals surface area (Å²) in [5, 5.41) is 13.2. The fourth-order valence-corrected chi connectivity index (χ4v) is 4.63. The second-order valence-corrected chi connectivity index (χ2v) is 7.53. The van der Waals surface area contributed by atoms with Crippen molar-refractivity contribution in [2.45, 2.75) is 5.85 Å². The van der Waals surface area contributed by atoms with Gasteiger partial charge in [-0.1, -0.05) is 103 Å². The lowest BCUT2D eigenvalue weighted by molar-refractivity contribution is 0.307. The molecule has 0 aliphatic rings. The Balaban J connectivity index is 1.91. The first kappa shape index (κ1) is 15.7. The highest BCUT2D eigenvalue weighted by Gasteiger charge is 2.20. The van der Waals surface area contributed by atoms with E-state index < -0.39 is 13.8 Å². The SMILES string of the molecule is OC(/C=C/c1ccccc1)P(c1ccccc1)c1ccccc1. The molecule has 0 radical (unpaired) electrons. The molecule has 0 aliphatic carbocycles. The molecule has 3 aromatic rings. The van der Waals surface area contributed by atoms with Gasteiger partial charge in [-0.25, -0.2) is 0 Å². The van der Waals surface area contributed by atoms with Gasteiger partial charge in [0.25, 0.3) is 0 Å². The van der Waals surface area contributed by atoms with E-state index in [-0.39, 0.29) is 0 Å². The smallest absolute Gasteiger partial charge is 0.0996 e. The summed E-state index contributed by atoms with van der Waals surface area (Å²) >= 11 is 0. The third-order valence-electron chi connectivity index (χ3n) is 3.59. The molecule has 23 heavy (non-hydrogen) atoms. The minimum Gasteiger partial charge on any atom is -0.384 e. The van der Waals surface area contributed by atoms with Gasteiger partial charge >= 0.3 is 0 Å². The summed E-state index contributed by atoms with van der Waals surface area (Å²) in [5.41, 5.74) is 1.10. The van der Waals surface area contributed by atoms with Gasteiger partial charge in [-0.05, 0) is 24.1 Å². The highest BCUT2D eigenvalue weighted by atomic mass is 31.1. The first-order valence-corrected chi connectivity index (χ1v) is 9.06. The topological polar surface area (TPSA) is 20.2 Å². The summed E-state index contributed by atoms with van der Waals surface area (Å²) in [7, 11) is -0.840. The van der Waals surface area contributed by atoms with Crippen molar-refractivity contribution in [3.05, 3.63) is 103 Å². The van der Waals surface area contributed by atoms with Crippen LogP contribution in [-0.4, -0.2) is 11.0 Å². The minimum absolute atomic E-state index is 0.519. The van der Waals surface area contributed by atoms with Crippen LogP contribution in [0.1, 0.15) is 5.56 Å². The molecule has 0 heterocycles. The molecule has 0 saturated carbocycles. The van der Waals surface area contributed by atoms with Crippen LogP contribution >= 0.6 is 7.92 Å². The Bertz CT molecular complexity index is 699. The summed E-state index contributed by atoms with van der Waals surface area (Å²) in [6.45, 7) is 0. The van der Waals surface area contributed by atoms with Crippen LogP contribution < -0.4 is 10.6 Å². The molecule has 1 nitrogen and oxygen atoms in total. The zero-order chi connectivity index (χ0) is 15.9. The quantitative estimate of drug-likeness (QED) is 0.701. The number of hydrogen-bond donors (Lipinski definition) is 1. The molecule has 3 aromatic carbocycles. The van der Waals surface area contributed by atoms with Gasteiger partial charge < -0.3 is 5.11 Å². The zero-order valence-electron chi connectivity index (χ0n) is 12.8.